The van der Waals surface area contributed by atoms with Crippen LogP contribution in [-0.4, -0.2) is 4.98 Å². The number of aryl methyl sites for hydroxylation is 1. The smallest absolute Gasteiger partial charge is 0.115 e. The topological polar surface area (TPSA) is 15.8 Å². The SMILES string of the molecule is Cc1cc(Cc2ccc(CF)cc2)c2cc(C(C)C)[nH]c2c1. The Hall–Kier alpha value is -2.09. The molecule has 0 bridgehead atoms. The summed E-state index contributed by atoms with van der Waals surface area (Å²) in [4.78, 5) is 3.53. The number of aromatic nitrogens is 1. The molecule has 1 heterocycles. The van der Waals surface area contributed by atoms with Crippen molar-refractivity contribution in [1.82, 2.24) is 4.98 Å². The number of fused-ring (bicyclic) bond motifs is 1. The first-order valence-electron chi connectivity index (χ1n) is 7.82. The van der Waals surface area contributed by atoms with Crippen LogP contribution in [0.15, 0.2) is 42.5 Å². The first kappa shape index (κ1) is 14.8. The lowest BCUT2D eigenvalue weighted by Gasteiger charge is -2.06. The van der Waals surface area contributed by atoms with Crippen molar-refractivity contribution in [3.05, 3.63) is 70.4 Å². The van der Waals surface area contributed by atoms with Gasteiger partial charge in [0, 0.05) is 16.6 Å². The number of alkyl halides is 1. The molecule has 0 saturated heterocycles. The average molecular weight is 295 g/mol. The molecule has 114 valence electrons. The number of rotatable bonds is 4. The minimum Gasteiger partial charge on any atom is -0.358 e. The van der Waals surface area contributed by atoms with E-state index in [9.17, 15) is 4.39 Å². The summed E-state index contributed by atoms with van der Waals surface area (Å²) in [6, 6.07) is 14.5. The van der Waals surface area contributed by atoms with E-state index in [0.717, 1.165) is 12.0 Å². The molecule has 0 spiro atoms. The molecule has 3 aromatic rings. The molecule has 1 nitrogen and oxygen atoms in total. The third kappa shape index (κ3) is 2.92. The first-order valence-corrected chi connectivity index (χ1v) is 7.82. The lowest BCUT2D eigenvalue weighted by molar-refractivity contribution is 0.485. The molecule has 22 heavy (non-hydrogen) atoms. The van der Waals surface area contributed by atoms with Crippen molar-refractivity contribution < 1.29 is 4.39 Å². The summed E-state index contributed by atoms with van der Waals surface area (Å²) < 4.78 is 12.6. The molecule has 0 amide bonds. The molecule has 2 aromatic carbocycles. The fourth-order valence-electron chi connectivity index (χ4n) is 2.92. The van der Waals surface area contributed by atoms with Gasteiger partial charge in [0.2, 0.25) is 0 Å². The van der Waals surface area contributed by atoms with Crippen molar-refractivity contribution in [2.45, 2.75) is 39.8 Å². The van der Waals surface area contributed by atoms with Gasteiger partial charge in [0.15, 0.2) is 0 Å². The Kier molecular flexibility index (Phi) is 4.02. The summed E-state index contributed by atoms with van der Waals surface area (Å²) in [5, 5.41) is 1.30. The molecule has 2 heteroatoms. The van der Waals surface area contributed by atoms with E-state index >= 15 is 0 Å². The van der Waals surface area contributed by atoms with Crippen LogP contribution >= 0.6 is 0 Å². The third-order valence-corrected chi connectivity index (χ3v) is 4.18. The Morgan fingerprint density at radius 1 is 1.00 bits per heavy atom. The van der Waals surface area contributed by atoms with Gasteiger partial charge in [-0.2, -0.15) is 0 Å². The van der Waals surface area contributed by atoms with E-state index in [-0.39, 0.29) is 0 Å². The molecule has 0 aliphatic rings. The highest BCUT2D eigenvalue weighted by Crippen LogP contribution is 2.27. The molecule has 0 aliphatic heterocycles. The molecule has 0 atom stereocenters. The third-order valence-electron chi connectivity index (χ3n) is 4.18. The van der Waals surface area contributed by atoms with E-state index in [4.69, 9.17) is 0 Å². The zero-order valence-corrected chi connectivity index (χ0v) is 13.4. The second kappa shape index (κ2) is 5.96. The number of nitrogens with one attached hydrogen (secondary N) is 1. The van der Waals surface area contributed by atoms with Crippen LogP contribution in [0.25, 0.3) is 10.9 Å². The molecule has 0 aliphatic carbocycles. The van der Waals surface area contributed by atoms with Crippen molar-refractivity contribution in [3.63, 3.8) is 0 Å². The minimum absolute atomic E-state index is 0.398. The molecule has 1 N–H and O–H groups in total. The van der Waals surface area contributed by atoms with E-state index in [1.165, 1.54) is 33.3 Å². The maximum Gasteiger partial charge on any atom is 0.115 e. The van der Waals surface area contributed by atoms with Crippen molar-refractivity contribution in [2.75, 3.05) is 0 Å². The largest absolute Gasteiger partial charge is 0.358 e. The second-order valence-electron chi connectivity index (χ2n) is 6.39. The van der Waals surface area contributed by atoms with E-state index in [2.05, 4.69) is 44.0 Å². The maximum absolute atomic E-state index is 12.6. The maximum atomic E-state index is 12.6. The fraction of sp³-hybridized carbons (Fsp3) is 0.300. The normalized spacial score (nSPS) is 11.5. The van der Waals surface area contributed by atoms with Crippen LogP contribution < -0.4 is 0 Å². The van der Waals surface area contributed by atoms with Crippen LogP contribution in [0.1, 0.15) is 47.7 Å². The van der Waals surface area contributed by atoms with Crippen molar-refractivity contribution >= 4 is 10.9 Å². The van der Waals surface area contributed by atoms with Gasteiger partial charge in [0.05, 0.1) is 0 Å². The van der Waals surface area contributed by atoms with Gasteiger partial charge in [-0.3, -0.25) is 0 Å². The number of hydrogen-bond acceptors (Lipinski definition) is 0. The van der Waals surface area contributed by atoms with Gasteiger partial charge in [-0.1, -0.05) is 44.2 Å². The summed E-state index contributed by atoms with van der Waals surface area (Å²) in [6.07, 6.45) is 0.875. The molecule has 0 saturated carbocycles. The van der Waals surface area contributed by atoms with Crippen LogP contribution in [0.4, 0.5) is 4.39 Å². The van der Waals surface area contributed by atoms with Gasteiger partial charge in [-0.15, -0.1) is 0 Å². The van der Waals surface area contributed by atoms with Crippen LogP contribution in [-0.2, 0) is 13.1 Å². The number of H-pyrrole nitrogens is 1. The summed E-state index contributed by atoms with van der Waals surface area (Å²) in [5.41, 5.74) is 7.03. The van der Waals surface area contributed by atoms with E-state index in [1.807, 2.05) is 24.3 Å². The zero-order chi connectivity index (χ0) is 15.7. The molecular formula is C20H22FN. The molecular weight excluding hydrogens is 273 g/mol. The summed E-state index contributed by atoms with van der Waals surface area (Å²) in [6.45, 7) is 6.13. The Morgan fingerprint density at radius 2 is 1.68 bits per heavy atom. The Labute approximate surface area is 131 Å². The highest BCUT2D eigenvalue weighted by Gasteiger charge is 2.09. The lowest BCUT2D eigenvalue weighted by atomic mass is 9.98. The molecule has 0 unspecified atom stereocenters. The van der Waals surface area contributed by atoms with Crippen molar-refractivity contribution in [3.8, 4) is 0 Å². The lowest BCUT2D eigenvalue weighted by Crippen LogP contribution is -1.91. The number of hydrogen-bond donors (Lipinski definition) is 1. The molecule has 1 aromatic heterocycles. The summed E-state index contributed by atoms with van der Waals surface area (Å²) in [5.74, 6) is 0.490. The van der Waals surface area contributed by atoms with Crippen molar-refractivity contribution in [2.24, 2.45) is 0 Å². The highest BCUT2D eigenvalue weighted by atomic mass is 19.1. The van der Waals surface area contributed by atoms with Crippen LogP contribution in [0.3, 0.4) is 0 Å². The van der Waals surface area contributed by atoms with Crippen LogP contribution in [0, 0.1) is 6.92 Å². The average Bonchev–Trinajstić information content (AvgIpc) is 2.92. The van der Waals surface area contributed by atoms with E-state index in [0.29, 0.717) is 5.92 Å². The molecule has 0 radical (unpaired) electrons. The Balaban J connectivity index is 2.01. The predicted octanol–water partition coefficient (Wildman–Crippen LogP) is 5.66. The highest BCUT2D eigenvalue weighted by molar-refractivity contribution is 5.85. The van der Waals surface area contributed by atoms with Crippen LogP contribution in [0.2, 0.25) is 0 Å². The molecule has 0 fully saturated rings. The van der Waals surface area contributed by atoms with Crippen molar-refractivity contribution in [1.29, 1.82) is 0 Å². The summed E-state index contributed by atoms with van der Waals surface area (Å²) in [7, 11) is 0. The monoisotopic (exact) mass is 295 g/mol. The van der Waals surface area contributed by atoms with E-state index < -0.39 is 6.67 Å². The fourth-order valence-corrected chi connectivity index (χ4v) is 2.92. The standard InChI is InChI=1S/C20H22FN/c1-13(2)19-11-18-17(8-14(3)9-20(18)22-19)10-15-4-6-16(12-21)7-5-15/h4-9,11,13,22H,10,12H2,1-3H3. The Morgan fingerprint density at radius 3 is 2.32 bits per heavy atom. The number of aromatic amines is 1. The quantitative estimate of drug-likeness (QED) is 0.639. The van der Waals surface area contributed by atoms with Gasteiger partial charge in [-0.05, 0) is 53.6 Å². The number of halogens is 1. The minimum atomic E-state index is -0.398. The number of benzene rings is 2. The second-order valence-corrected chi connectivity index (χ2v) is 6.39. The van der Waals surface area contributed by atoms with Crippen LogP contribution in [0.5, 0.6) is 0 Å². The van der Waals surface area contributed by atoms with Gasteiger partial charge in [0.1, 0.15) is 6.67 Å². The van der Waals surface area contributed by atoms with Gasteiger partial charge < -0.3 is 4.98 Å². The van der Waals surface area contributed by atoms with Gasteiger partial charge in [-0.25, -0.2) is 4.39 Å². The summed E-state index contributed by atoms with van der Waals surface area (Å²) >= 11 is 0. The zero-order valence-electron chi connectivity index (χ0n) is 13.4. The molecule has 3 rings (SSSR count). The first-order chi connectivity index (χ1) is 10.6. The van der Waals surface area contributed by atoms with Gasteiger partial charge in [0.25, 0.3) is 0 Å². The van der Waals surface area contributed by atoms with Gasteiger partial charge >= 0.3 is 0 Å². The van der Waals surface area contributed by atoms with E-state index in [1.54, 1.807) is 0 Å². The Bertz CT molecular complexity index is 781. The predicted molar refractivity (Wildman–Crippen MR) is 91.2 cm³/mol.